The highest BCUT2D eigenvalue weighted by atomic mass is 32.2. The minimum absolute atomic E-state index is 0.737. The van der Waals surface area contributed by atoms with Crippen LogP contribution in [0.2, 0.25) is 0 Å². The molecule has 19 heavy (non-hydrogen) atoms. The van der Waals surface area contributed by atoms with Crippen molar-refractivity contribution < 1.29 is 0 Å². The Morgan fingerprint density at radius 3 is 2.47 bits per heavy atom. The molecule has 1 unspecified atom stereocenters. The molecule has 0 amide bonds. The van der Waals surface area contributed by atoms with Crippen molar-refractivity contribution in [2.24, 2.45) is 10.9 Å². The largest absolute Gasteiger partial charge is 0.335 e. The molecule has 1 heterocycles. The lowest BCUT2D eigenvalue weighted by molar-refractivity contribution is 0.773. The van der Waals surface area contributed by atoms with Crippen LogP contribution in [0.25, 0.3) is 0 Å². The molecule has 102 valence electrons. The lowest BCUT2D eigenvalue weighted by Crippen LogP contribution is -2.11. The highest BCUT2D eigenvalue weighted by Crippen LogP contribution is 2.42. The van der Waals surface area contributed by atoms with Crippen LogP contribution in [-0.2, 0) is 12.8 Å². The summed E-state index contributed by atoms with van der Waals surface area (Å²) >= 11 is 1.95. The molecule has 1 saturated carbocycles. The smallest absolute Gasteiger partial charge is 0.161 e. The Morgan fingerprint density at radius 2 is 1.89 bits per heavy atom. The van der Waals surface area contributed by atoms with Crippen molar-refractivity contribution >= 4 is 22.6 Å². The van der Waals surface area contributed by atoms with Gasteiger partial charge in [-0.15, -0.1) is 0 Å². The van der Waals surface area contributed by atoms with Gasteiger partial charge >= 0.3 is 0 Å². The molecule has 1 fully saturated rings. The predicted molar refractivity (Wildman–Crippen MR) is 85.2 cm³/mol. The number of benzene rings is 1. The van der Waals surface area contributed by atoms with E-state index >= 15 is 0 Å². The van der Waals surface area contributed by atoms with Gasteiger partial charge in [0.25, 0.3) is 0 Å². The average Bonchev–Trinajstić information content (AvgIpc) is 3.19. The van der Waals surface area contributed by atoms with E-state index in [1.165, 1.54) is 29.7 Å². The lowest BCUT2D eigenvalue weighted by Gasteiger charge is -2.15. The van der Waals surface area contributed by atoms with Crippen LogP contribution in [0.3, 0.4) is 0 Å². The molecule has 1 aromatic rings. The third-order valence-electron chi connectivity index (χ3n) is 4.06. The van der Waals surface area contributed by atoms with E-state index in [1.807, 2.05) is 11.8 Å². The summed E-state index contributed by atoms with van der Waals surface area (Å²) in [5.41, 5.74) is 4.10. The van der Waals surface area contributed by atoms with Gasteiger partial charge in [0.2, 0.25) is 0 Å². The molecular formula is C16H22N2S. The van der Waals surface area contributed by atoms with Gasteiger partial charge in [0, 0.05) is 10.9 Å². The molecule has 2 aliphatic rings. The summed E-state index contributed by atoms with van der Waals surface area (Å²) in [7, 11) is 0. The number of hydrogen-bond acceptors (Lipinski definition) is 3. The Morgan fingerprint density at radius 1 is 1.21 bits per heavy atom. The predicted octanol–water partition coefficient (Wildman–Crippen LogP) is 4.10. The summed E-state index contributed by atoms with van der Waals surface area (Å²) in [5.74, 6) is 0.931. The first-order valence-corrected chi connectivity index (χ1v) is 8.28. The van der Waals surface area contributed by atoms with Crippen molar-refractivity contribution in [2.75, 3.05) is 11.9 Å². The highest BCUT2D eigenvalue weighted by molar-refractivity contribution is 8.15. The Bertz CT molecular complexity index is 469. The van der Waals surface area contributed by atoms with Gasteiger partial charge in [0.1, 0.15) is 0 Å². The summed E-state index contributed by atoms with van der Waals surface area (Å²) < 4.78 is 0. The van der Waals surface area contributed by atoms with Gasteiger partial charge in [-0.1, -0.05) is 43.8 Å². The van der Waals surface area contributed by atoms with Gasteiger partial charge in [-0.05, 0) is 42.7 Å². The number of hydrogen-bond donors (Lipinski definition) is 1. The van der Waals surface area contributed by atoms with Crippen LogP contribution >= 0.6 is 11.8 Å². The third kappa shape index (κ3) is 2.81. The first-order chi connectivity index (χ1) is 9.31. The molecule has 0 saturated heterocycles. The van der Waals surface area contributed by atoms with E-state index < -0.39 is 0 Å². The van der Waals surface area contributed by atoms with Crippen LogP contribution in [0.15, 0.2) is 23.2 Å². The van der Waals surface area contributed by atoms with Crippen LogP contribution in [0.5, 0.6) is 0 Å². The summed E-state index contributed by atoms with van der Waals surface area (Å²) in [5, 5.41) is 5.47. The molecular weight excluding hydrogens is 252 g/mol. The number of anilines is 1. The van der Waals surface area contributed by atoms with Crippen molar-refractivity contribution in [1.82, 2.24) is 0 Å². The van der Waals surface area contributed by atoms with Crippen LogP contribution < -0.4 is 5.32 Å². The first kappa shape index (κ1) is 13.0. The van der Waals surface area contributed by atoms with Gasteiger partial charge in [0.15, 0.2) is 5.17 Å². The van der Waals surface area contributed by atoms with Crippen LogP contribution in [0, 0.1) is 5.92 Å². The fraction of sp³-hybridized carbons (Fsp3) is 0.562. The van der Waals surface area contributed by atoms with Crippen LogP contribution in [0.4, 0.5) is 5.69 Å². The average molecular weight is 274 g/mol. The number of rotatable bonds is 4. The topological polar surface area (TPSA) is 24.4 Å². The van der Waals surface area contributed by atoms with Crippen molar-refractivity contribution in [3.63, 3.8) is 0 Å². The quantitative estimate of drug-likeness (QED) is 0.893. The molecule has 1 aliphatic carbocycles. The lowest BCUT2D eigenvalue weighted by atomic mass is 10.0. The molecule has 0 spiro atoms. The molecule has 3 rings (SSSR count). The van der Waals surface area contributed by atoms with Crippen molar-refractivity contribution in [2.45, 2.75) is 44.8 Å². The molecule has 0 radical (unpaired) electrons. The summed E-state index contributed by atoms with van der Waals surface area (Å²) in [6.07, 6.45) is 4.96. The van der Waals surface area contributed by atoms with E-state index in [0.717, 1.165) is 35.7 Å². The Hall–Kier alpha value is -0.960. The van der Waals surface area contributed by atoms with E-state index in [4.69, 9.17) is 4.99 Å². The molecule has 1 N–H and O–H groups in total. The zero-order chi connectivity index (χ0) is 13.2. The number of aliphatic imine (C=N–C) groups is 1. The van der Waals surface area contributed by atoms with E-state index in [1.54, 1.807) is 0 Å². The fourth-order valence-electron chi connectivity index (χ4n) is 2.68. The van der Waals surface area contributed by atoms with Crippen molar-refractivity contribution in [3.8, 4) is 0 Å². The molecule has 1 atom stereocenters. The SMILES string of the molecule is CCc1cccc(CC)c1NC1=NCC(C2CC2)S1. The Balaban J connectivity index is 1.75. The van der Waals surface area contributed by atoms with E-state index in [0.29, 0.717) is 0 Å². The van der Waals surface area contributed by atoms with E-state index in [9.17, 15) is 0 Å². The summed E-state index contributed by atoms with van der Waals surface area (Å²) in [6.45, 7) is 5.44. The Kier molecular flexibility index (Phi) is 3.83. The van der Waals surface area contributed by atoms with Gasteiger partial charge in [-0.3, -0.25) is 4.99 Å². The first-order valence-electron chi connectivity index (χ1n) is 7.40. The van der Waals surface area contributed by atoms with Crippen molar-refractivity contribution in [3.05, 3.63) is 29.3 Å². The fourth-order valence-corrected chi connectivity index (χ4v) is 3.89. The van der Waals surface area contributed by atoms with Gasteiger partial charge in [-0.2, -0.15) is 0 Å². The zero-order valence-corrected chi connectivity index (χ0v) is 12.6. The minimum atomic E-state index is 0.737. The molecule has 0 bridgehead atoms. The number of nitrogens with one attached hydrogen (secondary N) is 1. The summed E-state index contributed by atoms with van der Waals surface area (Å²) in [4.78, 5) is 4.69. The highest BCUT2D eigenvalue weighted by Gasteiger charge is 2.35. The second-order valence-corrected chi connectivity index (χ2v) is 6.65. The monoisotopic (exact) mass is 274 g/mol. The maximum absolute atomic E-state index is 4.69. The van der Waals surface area contributed by atoms with E-state index in [2.05, 4.69) is 37.4 Å². The summed E-state index contributed by atoms with van der Waals surface area (Å²) in [6, 6.07) is 6.61. The van der Waals surface area contributed by atoms with Gasteiger partial charge in [0.05, 0.1) is 6.54 Å². The van der Waals surface area contributed by atoms with E-state index in [-0.39, 0.29) is 0 Å². The normalized spacial score (nSPS) is 22.4. The van der Waals surface area contributed by atoms with Crippen LogP contribution in [-0.4, -0.2) is 17.0 Å². The van der Waals surface area contributed by atoms with Crippen LogP contribution in [0.1, 0.15) is 37.8 Å². The van der Waals surface area contributed by atoms with Gasteiger partial charge < -0.3 is 5.32 Å². The number of nitrogens with zero attached hydrogens (tertiary/aromatic N) is 1. The standard InChI is InChI=1S/C16H22N2S/c1-3-11-6-5-7-12(4-2)15(11)18-16-17-10-14(19-16)13-8-9-13/h5-7,13-14H,3-4,8-10H2,1-2H3,(H,17,18). The zero-order valence-electron chi connectivity index (χ0n) is 11.8. The maximum Gasteiger partial charge on any atom is 0.161 e. The second-order valence-electron chi connectivity index (χ2n) is 5.42. The molecule has 2 nitrogen and oxygen atoms in total. The Labute approximate surface area is 120 Å². The number of aryl methyl sites for hydroxylation is 2. The molecule has 3 heteroatoms. The molecule has 1 aromatic carbocycles. The number of thioether (sulfide) groups is 1. The molecule has 1 aliphatic heterocycles. The third-order valence-corrected chi connectivity index (χ3v) is 5.35. The van der Waals surface area contributed by atoms with Gasteiger partial charge in [-0.25, -0.2) is 0 Å². The number of para-hydroxylation sites is 1. The second kappa shape index (κ2) is 5.58. The minimum Gasteiger partial charge on any atom is -0.335 e. The maximum atomic E-state index is 4.69. The van der Waals surface area contributed by atoms with Crippen molar-refractivity contribution in [1.29, 1.82) is 0 Å². The number of amidine groups is 1. The molecule has 0 aromatic heterocycles.